The number of likely N-dealkylation sites (tertiary alicyclic amines) is 1. The molecule has 0 bridgehead atoms. The molecule has 0 saturated carbocycles. The summed E-state index contributed by atoms with van der Waals surface area (Å²) in [5, 5.41) is 6.06. The van der Waals surface area contributed by atoms with Gasteiger partial charge in [0, 0.05) is 18.3 Å². The fourth-order valence-electron chi connectivity index (χ4n) is 3.53. The van der Waals surface area contributed by atoms with Gasteiger partial charge in [-0.1, -0.05) is 55.5 Å². The molecule has 2 aromatic carbocycles. The third kappa shape index (κ3) is 4.83. The van der Waals surface area contributed by atoms with E-state index in [1.165, 1.54) is 18.4 Å². The van der Waals surface area contributed by atoms with Gasteiger partial charge in [0.05, 0.1) is 0 Å². The molecule has 0 radical (unpaired) electrons. The molecule has 1 atom stereocenters. The molecule has 1 unspecified atom stereocenters. The van der Waals surface area contributed by atoms with Gasteiger partial charge in [-0.2, -0.15) is 0 Å². The largest absolute Gasteiger partial charge is 0.336 e. The zero-order chi connectivity index (χ0) is 17.5. The van der Waals surface area contributed by atoms with Gasteiger partial charge in [0.2, 0.25) is 0 Å². The number of anilines is 1. The molecular weight excluding hydrogens is 310 g/mol. The Morgan fingerprint density at radius 3 is 2.68 bits per heavy atom. The number of urea groups is 1. The Balaban J connectivity index is 1.58. The summed E-state index contributed by atoms with van der Waals surface area (Å²) in [4.78, 5) is 14.8. The molecule has 2 aromatic rings. The maximum absolute atomic E-state index is 12.3. The van der Waals surface area contributed by atoms with E-state index in [0.717, 1.165) is 30.8 Å². The summed E-state index contributed by atoms with van der Waals surface area (Å²) in [5.74, 6) is 0. The minimum absolute atomic E-state index is 0.122. The second kappa shape index (κ2) is 8.67. The van der Waals surface area contributed by atoms with Gasteiger partial charge in [-0.05, 0) is 49.5 Å². The van der Waals surface area contributed by atoms with Crippen LogP contribution < -0.4 is 10.6 Å². The predicted octanol–water partition coefficient (Wildman–Crippen LogP) is 3.88. The SMILES string of the molecule is CCN1CCCC1CNC(=O)Nc1ccccc1Cc1ccccc1. The number of hydrogen-bond acceptors (Lipinski definition) is 2. The number of likely N-dealkylation sites (N-methyl/N-ethyl adjacent to an activating group) is 1. The molecule has 4 heteroatoms. The number of para-hydroxylation sites is 1. The van der Waals surface area contributed by atoms with E-state index in [-0.39, 0.29) is 6.03 Å². The molecule has 1 saturated heterocycles. The zero-order valence-electron chi connectivity index (χ0n) is 14.9. The van der Waals surface area contributed by atoms with Gasteiger partial charge in [-0.3, -0.25) is 4.90 Å². The van der Waals surface area contributed by atoms with Crippen molar-refractivity contribution in [3.8, 4) is 0 Å². The number of nitrogens with zero attached hydrogens (tertiary/aromatic N) is 1. The first-order valence-corrected chi connectivity index (χ1v) is 9.17. The maximum atomic E-state index is 12.3. The second-order valence-electron chi connectivity index (χ2n) is 6.58. The van der Waals surface area contributed by atoms with Crippen LogP contribution in [-0.2, 0) is 6.42 Å². The van der Waals surface area contributed by atoms with Crippen molar-refractivity contribution in [1.82, 2.24) is 10.2 Å². The second-order valence-corrected chi connectivity index (χ2v) is 6.58. The van der Waals surface area contributed by atoms with E-state index in [1.54, 1.807) is 0 Å². The van der Waals surface area contributed by atoms with Crippen molar-refractivity contribution in [1.29, 1.82) is 0 Å². The van der Waals surface area contributed by atoms with Crippen LogP contribution in [0.3, 0.4) is 0 Å². The normalized spacial score (nSPS) is 17.4. The number of carbonyl (C=O) groups excluding carboxylic acids is 1. The number of amides is 2. The molecule has 1 aliphatic rings. The fraction of sp³-hybridized carbons (Fsp3) is 0.381. The van der Waals surface area contributed by atoms with Gasteiger partial charge in [-0.15, -0.1) is 0 Å². The van der Waals surface area contributed by atoms with Crippen molar-refractivity contribution in [2.75, 3.05) is 25.0 Å². The van der Waals surface area contributed by atoms with Crippen molar-refractivity contribution < 1.29 is 4.79 Å². The van der Waals surface area contributed by atoms with Crippen LogP contribution in [-0.4, -0.2) is 36.6 Å². The van der Waals surface area contributed by atoms with Crippen molar-refractivity contribution in [2.45, 2.75) is 32.2 Å². The van der Waals surface area contributed by atoms with Crippen LogP contribution in [0.4, 0.5) is 10.5 Å². The average molecular weight is 337 g/mol. The number of hydrogen-bond donors (Lipinski definition) is 2. The summed E-state index contributed by atoms with van der Waals surface area (Å²) < 4.78 is 0. The third-order valence-electron chi connectivity index (χ3n) is 4.91. The molecule has 132 valence electrons. The van der Waals surface area contributed by atoms with Crippen LogP contribution in [0.1, 0.15) is 30.9 Å². The first-order chi connectivity index (χ1) is 12.3. The minimum Gasteiger partial charge on any atom is -0.336 e. The molecule has 4 nitrogen and oxygen atoms in total. The van der Waals surface area contributed by atoms with Crippen LogP contribution in [0.25, 0.3) is 0 Å². The molecular formula is C21H27N3O. The van der Waals surface area contributed by atoms with Crippen LogP contribution in [0.5, 0.6) is 0 Å². The molecule has 2 amide bonds. The Kier molecular flexibility index (Phi) is 6.07. The molecule has 1 aliphatic heterocycles. The standard InChI is InChI=1S/C21H27N3O/c1-2-24-14-8-12-19(24)16-22-21(25)23-20-13-7-6-11-18(20)15-17-9-4-3-5-10-17/h3-7,9-11,13,19H,2,8,12,14-16H2,1H3,(H2,22,23,25). The van der Waals surface area contributed by atoms with Gasteiger partial charge in [0.25, 0.3) is 0 Å². The Morgan fingerprint density at radius 1 is 1.12 bits per heavy atom. The fourth-order valence-corrected chi connectivity index (χ4v) is 3.53. The van der Waals surface area contributed by atoms with Crippen LogP contribution in [0.15, 0.2) is 54.6 Å². The smallest absolute Gasteiger partial charge is 0.319 e. The summed E-state index contributed by atoms with van der Waals surface area (Å²) >= 11 is 0. The van der Waals surface area contributed by atoms with Gasteiger partial charge < -0.3 is 10.6 Å². The zero-order valence-corrected chi connectivity index (χ0v) is 14.9. The van der Waals surface area contributed by atoms with Crippen molar-refractivity contribution >= 4 is 11.7 Å². The first kappa shape index (κ1) is 17.5. The van der Waals surface area contributed by atoms with Crippen molar-refractivity contribution in [3.63, 3.8) is 0 Å². The molecule has 1 fully saturated rings. The Bertz CT molecular complexity index is 687. The number of benzene rings is 2. The van der Waals surface area contributed by atoms with E-state index in [9.17, 15) is 4.79 Å². The van der Waals surface area contributed by atoms with E-state index in [2.05, 4.69) is 40.7 Å². The highest BCUT2D eigenvalue weighted by atomic mass is 16.2. The first-order valence-electron chi connectivity index (χ1n) is 9.17. The Morgan fingerprint density at radius 2 is 1.88 bits per heavy atom. The highest BCUT2D eigenvalue weighted by Crippen LogP contribution is 2.19. The van der Waals surface area contributed by atoms with Crippen LogP contribution in [0, 0.1) is 0 Å². The van der Waals surface area contributed by atoms with Gasteiger partial charge >= 0.3 is 6.03 Å². The Hall–Kier alpha value is -2.33. The monoisotopic (exact) mass is 337 g/mol. The summed E-state index contributed by atoms with van der Waals surface area (Å²) in [6, 6.07) is 18.7. The maximum Gasteiger partial charge on any atom is 0.319 e. The molecule has 3 rings (SSSR count). The van der Waals surface area contributed by atoms with E-state index in [1.807, 2.05) is 36.4 Å². The lowest BCUT2D eigenvalue weighted by molar-refractivity contribution is 0.238. The van der Waals surface area contributed by atoms with E-state index >= 15 is 0 Å². The summed E-state index contributed by atoms with van der Waals surface area (Å²) in [5.41, 5.74) is 3.24. The number of rotatable bonds is 6. The lowest BCUT2D eigenvalue weighted by Crippen LogP contribution is -2.41. The van der Waals surface area contributed by atoms with E-state index in [0.29, 0.717) is 12.6 Å². The van der Waals surface area contributed by atoms with Crippen molar-refractivity contribution in [3.05, 3.63) is 65.7 Å². The topological polar surface area (TPSA) is 44.4 Å². The quantitative estimate of drug-likeness (QED) is 0.840. The molecule has 1 heterocycles. The number of nitrogens with one attached hydrogen (secondary N) is 2. The molecule has 0 aliphatic carbocycles. The van der Waals surface area contributed by atoms with Crippen LogP contribution >= 0.6 is 0 Å². The molecule has 0 spiro atoms. The summed E-state index contributed by atoms with van der Waals surface area (Å²) in [7, 11) is 0. The van der Waals surface area contributed by atoms with Gasteiger partial charge in [0.15, 0.2) is 0 Å². The summed E-state index contributed by atoms with van der Waals surface area (Å²) in [6.07, 6.45) is 3.20. The molecule has 2 N–H and O–H groups in total. The minimum atomic E-state index is -0.122. The van der Waals surface area contributed by atoms with Gasteiger partial charge in [-0.25, -0.2) is 4.79 Å². The Labute approximate surface area is 150 Å². The van der Waals surface area contributed by atoms with E-state index in [4.69, 9.17) is 0 Å². The predicted molar refractivity (Wildman–Crippen MR) is 103 cm³/mol. The number of carbonyl (C=O) groups is 1. The highest BCUT2D eigenvalue weighted by Gasteiger charge is 2.23. The van der Waals surface area contributed by atoms with Crippen LogP contribution in [0.2, 0.25) is 0 Å². The summed E-state index contributed by atoms with van der Waals surface area (Å²) in [6.45, 7) is 5.08. The lowest BCUT2D eigenvalue weighted by atomic mass is 10.0. The highest BCUT2D eigenvalue weighted by molar-refractivity contribution is 5.90. The lowest BCUT2D eigenvalue weighted by Gasteiger charge is -2.23. The average Bonchev–Trinajstić information content (AvgIpc) is 3.10. The molecule has 0 aromatic heterocycles. The third-order valence-corrected chi connectivity index (χ3v) is 4.91. The van der Waals surface area contributed by atoms with Gasteiger partial charge in [0.1, 0.15) is 0 Å². The van der Waals surface area contributed by atoms with Crippen molar-refractivity contribution in [2.24, 2.45) is 0 Å². The molecule has 25 heavy (non-hydrogen) atoms. The van der Waals surface area contributed by atoms with E-state index < -0.39 is 0 Å².